The average molecular weight is 412 g/mol. The van der Waals surface area contributed by atoms with E-state index in [4.69, 9.17) is 0 Å². The summed E-state index contributed by atoms with van der Waals surface area (Å²) in [6, 6.07) is 12.8. The van der Waals surface area contributed by atoms with Gasteiger partial charge in [0.2, 0.25) is 5.69 Å². The molecule has 0 atom stereocenters. The molecule has 1 aromatic carbocycles. The second kappa shape index (κ2) is 8.78. The van der Waals surface area contributed by atoms with Gasteiger partial charge in [0, 0.05) is 55.1 Å². The molecule has 0 aliphatic carbocycles. The van der Waals surface area contributed by atoms with Crippen molar-refractivity contribution in [3.05, 3.63) is 76.5 Å². The first-order valence-electron chi connectivity index (χ1n) is 8.83. The Labute approximate surface area is 194 Å². The summed E-state index contributed by atoms with van der Waals surface area (Å²) in [5.41, 5.74) is 0.899. The van der Waals surface area contributed by atoms with E-state index in [0.29, 0.717) is 5.56 Å². The smallest absolute Gasteiger partial charge is 0.440 e. The minimum absolute atomic E-state index is 0. The van der Waals surface area contributed by atoms with Crippen molar-refractivity contribution in [1.29, 1.82) is 0 Å². The third kappa shape index (κ3) is 4.00. The van der Waals surface area contributed by atoms with Crippen LogP contribution in [0.4, 0.5) is 0 Å². The van der Waals surface area contributed by atoms with Crippen molar-refractivity contribution in [2.75, 3.05) is 0 Å². The Morgan fingerprint density at radius 2 is 1.83 bits per heavy atom. The molecule has 0 bridgehead atoms. The molecule has 4 rings (SSSR count). The van der Waals surface area contributed by atoms with Crippen molar-refractivity contribution in [1.82, 2.24) is 19.1 Å². The third-order valence-corrected chi connectivity index (χ3v) is 4.55. The van der Waals surface area contributed by atoms with Gasteiger partial charge in [-0.2, -0.15) is 0 Å². The van der Waals surface area contributed by atoms with Crippen LogP contribution in [-0.2, 0) is 20.6 Å². The summed E-state index contributed by atoms with van der Waals surface area (Å²) >= 11 is 0. The third-order valence-electron chi connectivity index (χ3n) is 4.55. The van der Waals surface area contributed by atoms with Crippen LogP contribution in [0.5, 0.6) is 5.88 Å². The first-order valence-corrected chi connectivity index (χ1v) is 8.83. The molecule has 147 valence electrons. The van der Waals surface area contributed by atoms with Crippen molar-refractivity contribution in [2.24, 2.45) is 19.1 Å². The summed E-state index contributed by atoms with van der Waals surface area (Å²) in [7, 11) is 2.91. The Morgan fingerprint density at radius 3 is 2.57 bits per heavy atom. The van der Waals surface area contributed by atoms with Crippen molar-refractivity contribution in [3.63, 3.8) is 0 Å². The van der Waals surface area contributed by atoms with Gasteiger partial charge in [-0.3, -0.25) is 9.56 Å². The Bertz CT molecular complexity index is 1250. The molecule has 0 spiro atoms. The fraction of sp³-hybridized carbons (Fsp3) is 0.150. The maximum absolute atomic E-state index is 12.5. The molecule has 0 amide bonds. The minimum Gasteiger partial charge on any atom is -0.858 e. The van der Waals surface area contributed by atoms with Crippen molar-refractivity contribution in [2.45, 2.75) is 6.54 Å². The average Bonchev–Trinajstić information content (AvgIpc) is 3.21. The Balaban J connectivity index is 0.00000256. The first-order chi connectivity index (χ1) is 14.0. The van der Waals surface area contributed by atoms with Crippen LogP contribution in [0.1, 0.15) is 11.1 Å². The van der Waals surface area contributed by atoms with Gasteiger partial charge in [0.1, 0.15) is 0 Å². The fourth-order valence-electron chi connectivity index (χ4n) is 2.94. The van der Waals surface area contributed by atoms with Gasteiger partial charge in [-0.1, -0.05) is 35.3 Å². The van der Waals surface area contributed by atoms with Gasteiger partial charge >= 0.3 is 11.6 Å². The van der Waals surface area contributed by atoms with Gasteiger partial charge in [-0.05, 0) is 28.6 Å². The molecule has 1 aromatic heterocycles. The monoisotopic (exact) mass is 412 g/mol. The molecular weight excluding hydrogens is 395 g/mol. The summed E-state index contributed by atoms with van der Waals surface area (Å²) < 4.78 is 3.76. The van der Waals surface area contributed by atoms with E-state index in [1.54, 1.807) is 24.5 Å². The number of rotatable bonds is 4. The summed E-state index contributed by atoms with van der Waals surface area (Å²) in [5.74, 6) is -0.516. The number of aliphatic imine (C=N–C) groups is 1. The van der Waals surface area contributed by atoms with Gasteiger partial charge in [0.15, 0.2) is 0 Å². The second-order valence-corrected chi connectivity index (χ2v) is 6.51. The molecule has 0 N–H and O–H groups in total. The maximum atomic E-state index is 12.5. The predicted molar refractivity (Wildman–Crippen MR) is 106 cm³/mol. The van der Waals surface area contributed by atoms with Crippen LogP contribution in [0.3, 0.4) is 0 Å². The molecule has 0 saturated heterocycles. The van der Waals surface area contributed by atoms with Crippen LogP contribution in [0.15, 0.2) is 64.6 Å². The molecule has 0 fully saturated rings. The normalized spacial score (nSPS) is 11.5. The summed E-state index contributed by atoms with van der Waals surface area (Å²) in [4.78, 5) is 24.7. The number of nitrogens with zero attached hydrogens (tertiary/aromatic N) is 6. The first kappa shape index (κ1) is 21.7. The molecule has 1 radical (unpaired) electrons. The number of hydrogen-bond donors (Lipinski definition) is 0. The largest absolute Gasteiger partial charge is 0.858 e. The van der Waals surface area contributed by atoms with Crippen LogP contribution >= 0.6 is 0 Å². The number of benzene rings is 1. The Morgan fingerprint density at radius 1 is 1.10 bits per heavy atom. The van der Waals surface area contributed by atoms with Crippen LogP contribution in [-0.4, -0.2) is 54.6 Å². The van der Waals surface area contributed by atoms with E-state index in [9.17, 15) is 15.0 Å². The van der Waals surface area contributed by atoms with Crippen LogP contribution in [0, 0.1) is 0 Å². The molecule has 0 unspecified atom stereocenters. The zero-order valence-electron chi connectivity index (χ0n) is 16.8. The molecule has 30 heavy (non-hydrogen) atoms. The van der Waals surface area contributed by atoms with E-state index in [2.05, 4.69) is 15.0 Å². The summed E-state index contributed by atoms with van der Waals surface area (Å²) in [5, 5.41) is 24.8. The number of hydrogen-bond acceptors (Lipinski definition) is 6. The van der Waals surface area contributed by atoms with E-state index >= 15 is 0 Å². The molecule has 0 saturated carbocycles. The Hall–Kier alpha value is -3.01. The van der Waals surface area contributed by atoms with E-state index in [0.717, 1.165) is 10.1 Å². The van der Waals surface area contributed by atoms with Gasteiger partial charge in [-0.25, -0.2) is 9.36 Å². The zero-order valence-corrected chi connectivity index (χ0v) is 18.8. The summed E-state index contributed by atoms with van der Waals surface area (Å²) in [6.07, 6.45) is 3.21. The number of imidazole rings is 1. The zero-order chi connectivity index (χ0) is 20.5. The van der Waals surface area contributed by atoms with Crippen molar-refractivity contribution < 1.29 is 14.8 Å². The molecule has 3 heterocycles. The van der Waals surface area contributed by atoms with E-state index in [-0.39, 0.29) is 59.5 Å². The topological polar surface area (TPSA) is 115 Å². The number of aromatic nitrogens is 5. The fourth-order valence-corrected chi connectivity index (χ4v) is 2.94. The molecule has 10 heteroatoms. The maximum Gasteiger partial charge on any atom is 0.440 e. The standard InChI is InChI=1S/C20H18N6O3.Na/c1-24-16-15(18(28)25(2)20(24)29)22-19(23-16)26-10-6-9-14(12-26)17(27)21-11-13-7-4-3-5-8-13;/h3-10,12H,11H2,1-2H3,(H-,21,22,23,27,28);/p-1. The SMILES string of the molecule is Cn1c2nc(-[n+]3cccc(C([O-])=NCc4ccccc4)c3)nc-2c([O-])n(C)c1=O.[Na]. The predicted octanol–water partition coefficient (Wildman–Crippen LogP) is -1.10. The van der Waals surface area contributed by atoms with Gasteiger partial charge in [-0.15, -0.1) is 0 Å². The summed E-state index contributed by atoms with van der Waals surface area (Å²) in [6.45, 7) is 0.281. The number of fused-ring (bicyclic) bond motifs is 1. The van der Waals surface area contributed by atoms with Crippen LogP contribution in [0.2, 0.25) is 0 Å². The van der Waals surface area contributed by atoms with E-state index < -0.39 is 11.6 Å². The Kier molecular flexibility index (Phi) is 6.35. The molecule has 2 aliphatic rings. The van der Waals surface area contributed by atoms with Gasteiger partial charge in [0.25, 0.3) is 5.82 Å². The minimum atomic E-state index is -0.521. The quantitative estimate of drug-likeness (QED) is 0.183. The van der Waals surface area contributed by atoms with Crippen LogP contribution in [0.25, 0.3) is 17.5 Å². The second-order valence-electron chi connectivity index (χ2n) is 6.51. The number of pyridine rings is 1. The molecule has 9 nitrogen and oxygen atoms in total. The van der Waals surface area contributed by atoms with Crippen LogP contribution < -0.4 is 20.5 Å². The van der Waals surface area contributed by atoms with Crippen molar-refractivity contribution in [3.8, 4) is 23.3 Å². The van der Waals surface area contributed by atoms with Crippen molar-refractivity contribution >= 4 is 35.5 Å². The van der Waals surface area contributed by atoms with Gasteiger partial charge in [0.05, 0.1) is 18.9 Å². The molecular formula is C20H17N6NaO3-. The molecule has 2 aromatic rings. The van der Waals surface area contributed by atoms with E-state index in [1.165, 1.54) is 23.2 Å². The molecule has 2 aliphatic heterocycles. The van der Waals surface area contributed by atoms with Gasteiger partial charge < -0.3 is 14.8 Å². The van der Waals surface area contributed by atoms with E-state index in [1.807, 2.05) is 30.3 Å².